The largest absolute Gasteiger partial charge is 0.295 e. The number of rotatable bonds is 2. The van der Waals surface area contributed by atoms with Gasteiger partial charge in [0.05, 0.1) is 0 Å². The maximum atomic E-state index is 11.5. The van der Waals surface area contributed by atoms with Crippen molar-refractivity contribution in [3.05, 3.63) is 40.3 Å². The van der Waals surface area contributed by atoms with Crippen LogP contribution in [-0.4, -0.2) is 30.7 Å². The monoisotopic (exact) mass is 330 g/mol. The summed E-state index contributed by atoms with van der Waals surface area (Å²) in [7, 11) is -8.88. The predicted molar refractivity (Wildman–Crippen MR) is 78.3 cm³/mol. The molecule has 0 amide bonds. The summed E-state index contributed by atoms with van der Waals surface area (Å²) in [6.45, 7) is 2.91. The van der Waals surface area contributed by atoms with Gasteiger partial charge in [0, 0.05) is 5.22 Å². The van der Waals surface area contributed by atoms with E-state index in [2.05, 4.69) is 0 Å². The van der Waals surface area contributed by atoms with Gasteiger partial charge in [-0.1, -0.05) is 24.3 Å². The molecule has 1 atom stereocenters. The van der Waals surface area contributed by atoms with Crippen LogP contribution < -0.4 is 10.4 Å². The molecule has 0 saturated carbocycles. The van der Waals surface area contributed by atoms with E-state index in [0.29, 0.717) is 10.8 Å². The molecule has 0 aliphatic heterocycles. The Labute approximate surface area is 122 Å². The van der Waals surface area contributed by atoms with Gasteiger partial charge in [-0.05, 0) is 36.8 Å². The highest BCUT2D eigenvalue weighted by Crippen LogP contribution is 2.21. The average molecular weight is 330 g/mol. The van der Waals surface area contributed by atoms with E-state index in [1.807, 2.05) is 0 Å². The van der Waals surface area contributed by atoms with Crippen LogP contribution >= 0.6 is 0 Å². The zero-order valence-electron chi connectivity index (χ0n) is 11.3. The van der Waals surface area contributed by atoms with Crippen LogP contribution in [0.3, 0.4) is 0 Å². The van der Waals surface area contributed by atoms with Gasteiger partial charge in [0.2, 0.25) is 0 Å². The van der Waals surface area contributed by atoms with E-state index in [1.165, 1.54) is 37.3 Å². The standard InChI is InChI=1S/C13H14O6S2/c1-9-6-10-8-13(2,21(17,18)19)5-3-4-11(10)12(7-9)20(14,15)16/h3-8H,1-2H3,(H,14,15,16)(H,17,18,19). The lowest BCUT2D eigenvalue weighted by Crippen LogP contribution is -2.36. The minimum atomic E-state index is -4.45. The van der Waals surface area contributed by atoms with Gasteiger partial charge < -0.3 is 0 Å². The van der Waals surface area contributed by atoms with Crippen molar-refractivity contribution in [1.82, 2.24) is 0 Å². The van der Waals surface area contributed by atoms with Crippen LogP contribution in [-0.2, 0) is 20.2 Å². The third kappa shape index (κ3) is 2.93. The van der Waals surface area contributed by atoms with Crippen LogP contribution in [0.4, 0.5) is 0 Å². The Morgan fingerprint density at radius 1 is 1.10 bits per heavy atom. The molecule has 6 nitrogen and oxygen atoms in total. The highest BCUT2D eigenvalue weighted by Gasteiger charge is 2.33. The SMILES string of the molecule is Cc1cc(S(=O)(=O)O)c2c(c1)=CC(C)(S(=O)(=O)O)C=CC=2. The van der Waals surface area contributed by atoms with Crippen molar-refractivity contribution in [3.8, 4) is 0 Å². The molecule has 1 aromatic rings. The van der Waals surface area contributed by atoms with Gasteiger partial charge in [0.1, 0.15) is 9.64 Å². The van der Waals surface area contributed by atoms with E-state index in [0.717, 1.165) is 0 Å². The lowest BCUT2D eigenvalue weighted by Gasteiger charge is -2.17. The van der Waals surface area contributed by atoms with E-state index in [1.54, 1.807) is 13.0 Å². The molecule has 114 valence electrons. The van der Waals surface area contributed by atoms with Crippen LogP contribution in [0.1, 0.15) is 12.5 Å². The van der Waals surface area contributed by atoms with Crippen molar-refractivity contribution in [2.45, 2.75) is 23.5 Å². The van der Waals surface area contributed by atoms with Crippen LogP contribution in [0, 0.1) is 6.92 Å². The summed E-state index contributed by atoms with van der Waals surface area (Å²) in [4.78, 5) is -0.307. The van der Waals surface area contributed by atoms with Crippen molar-refractivity contribution in [3.63, 3.8) is 0 Å². The van der Waals surface area contributed by atoms with Gasteiger partial charge in [-0.25, -0.2) is 0 Å². The number of fused-ring (bicyclic) bond motifs is 1. The molecule has 2 N–H and O–H groups in total. The third-order valence-electron chi connectivity index (χ3n) is 3.28. The van der Waals surface area contributed by atoms with Crippen LogP contribution in [0.25, 0.3) is 12.2 Å². The first-order valence-electron chi connectivity index (χ1n) is 5.92. The topological polar surface area (TPSA) is 109 Å². The second-order valence-corrected chi connectivity index (χ2v) is 8.29. The highest BCUT2D eigenvalue weighted by atomic mass is 32.2. The first kappa shape index (κ1) is 15.9. The molecule has 0 fully saturated rings. The molecule has 21 heavy (non-hydrogen) atoms. The quantitative estimate of drug-likeness (QED) is 0.740. The predicted octanol–water partition coefficient (Wildman–Crippen LogP) is 0.0190. The Balaban J connectivity index is 3.00. The van der Waals surface area contributed by atoms with Gasteiger partial charge in [0.15, 0.2) is 0 Å². The molecule has 1 aromatic carbocycles. The fourth-order valence-electron chi connectivity index (χ4n) is 2.16. The van der Waals surface area contributed by atoms with Crippen molar-refractivity contribution in [2.75, 3.05) is 0 Å². The summed E-state index contributed by atoms with van der Waals surface area (Å²) >= 11 is 0. The van der Waals surface area contributed by atoms with E-state index in [4.69, 9.17) is 0 Å². The van der Waals surface area contributed by atoms with Gasteiger partial charge >= 0.3 is 0 Å². The smallest absolute Gasteiger partial charge is 0.285 e. The summed E-state index contributed by atoms with van der Waals surface area (Å²) in [5.41, 5.74) is 0.533. The minimum absolute atomic E-state index is 0.173. The van der Waals surface area contributed by atoms with Crippen molar-refractivity contribution >= 4 is 32.4 Å². The molecule has 0 radical (unpaired) electrons. The molecule has 1 unspecified atom stereocenters. The summed E-state index contributed by atoms with van der Waals surface area (Å²) in [5, 5.41) is 0.472. The van der Waals surface area contributed by atoms with Gasteiger partial charge in [-0.2, -0.15) is 16.8 Å². The number of hydrogen-bond donors (Lipinski definition) is 2. The van der Waals surface area contributed by atoms with E-state index in [-0.39, 0.29) is 10.1 Å². The molecule has 2 rings (SSSR count). The van der Waals surface area contributed by atoms with Crippen LogP contribution in [0.5, 0.6) is 0 Å². The summed E-state index contributed by atoms with van der Waals surface area (Å²) in [6.07, 6.45) is 5.20. The number of hydrogen-bond acceptors (Lipinski definition) is 4. The van der Waals surface area contributed by atoms with E-state index < -0.39 is 25.0 Å². The first-order valence-corrected chi connectivity index (χ1v) is 8.80. The molecular weight excluding hydrogens is 316 g/mol. The molecule has 1 aliphatic carbocycles. The Bertz CT molecular complexity index is 955. The minimum Gasteiger partial charge on any atom is -0.285 e. The third-order valence-corrected chi connectivity index (χ3v) is 5.54. The zero-order chi connectivity index (χ0) is 16.1. The number of benzene rings is 1. The summed E-state index contributed by atoms with van der Waals surface area (Å²) < 4.78 is 62.9. The fraction of sp³-hybridized carbons (Fsp3) is 0.231. The van der Waals surface area contributed by atoms with Crippen molar-refractivity contribution < 1.29 is 25.9 Å². The lowest BCUT2D eigenvalue weighted by atomic mass is 10.1. The van der Waals surface area contributed by atoms with E-state index in [9.17, 15) is 25.9 Å². The molecule has 0 spiro atoms. The Morgan fingerprint density at radius 3 is 2.24 bits per heavy atom. The molecule has 1 aliphatic rings. The normalized spacial score (nSPS) is 21.9. The Morgan fingerprint density at radius 2 is 1.71 bits per heavy atom. The number of aryl methyl sites for hydroxylation is 1. The average Bonchev–Trinajstić information content (AvgIpc) is 2.44. The van der Waals surface area contributed by atoms with Crippen LogP contribution in [0.15, 0.2) is 29.2 Å². The first-order chi connectivity index (χ1) is 9.44. The second-order valence-electron chi connectivity index (χ2n) is 5.07. The fourth-order valence-corrected chi connectivity index (χ4v) is 3.48. The summed E-state index contributed by atoms with van der Waals surface area (Å²) in [5.74, 6) is 0. The summed E-state index contributed by atoms with van der Waals surface area (Å²) in [6, 6.07) is 2.87. The maximum absolute atomic E-state index is 11.5. The van der Waals surface area contributed by atoms with Gasteiger partial charge in [-0.15, -0.1) is 0 Å². The van der Waals surface area contributed by atoms with Crippen molar-refractivity contribution in [1.29, 1.82) is 0 Å². The molecule has 8 heteroatoms. The lowest BCUT2D eigenvalue weighted by molar-refractivity contribution is 0.469. The van der Waals surface area contributed by atoms with Gasteiger partial charge in [-0.3, -0.25) is 9.11 Å². The molecule has 0 bridgehead atoms. The van der Waals surface area contributed by atoms with Crippen molar-refractivity contribution in [2.24, 2.45) is 0 Å². The number of allylic oxidation sites excluding steroid dienone is 1. The molecule has 0 heterocycles. The highest BCUT2D eigenvalue weighted by molar-refractivity contribution is 7.87. The maximum Gasteiger partial charge on any atom is 0.295 e. The second kappa shape index (κ2) is 4.77. The van der Waals surface area contributed by atoms with Gasteiger partial charge in [0.25, 0.3) is 20.2 Å². The Hall–Kier alpha value is -1.48. The zero-order valence-corrected chi connectivity index (χ0v) is 12.9. The molecule has 0 aromatic heterocycles. The molecule has 0 saturated heterocycles. The Kier molecular flexibility index (Phi) is 3.61. The van der Waals surface area contributed by atoms with E-state index >= 15 is 0 Å². The van der Waals surface area contributed by atoms with Crippen LogP contribution in [0.2, 0.25) is 0 Å². The molecular formula is C13H14O6S2.